The summed E-state index contributed by atoms with van der Waals surface area (Å²) in [6.45, 7) is -2.53. The first kappa shape index (κ1) is 16.7. The molecule has 0 saturated carbocycles. The molecule has 1 rings (SSSR count). The van der Waals surface area contributed by atoms with Crippen LogP contribution in [0.3, 0.4) is 0 Å². The molecule has 0 fully saturated rings. The number of halogens is 2. The van der Waals surface area contributed by atoms with Crippen molar-refractivity contribution in [2.75, 3.05) is 12.0 Å². The van der Waals surface area contributed by atoms with Crippen LogP contribution in [0, 0.1) is 0 Å². The van der Waals surface area contributed by atoms with Gasteiger partial charge in [-0.05, 0) is 36.1 Å². The molecule has 0 bridgehead atoms. The second-order valence-electron chi connectivity index (χ2n) is 4.13. The summed E-state index contributed by atoms with van der Waals surface area (Å²) in [6, 6.07) is 5.57. The van der Waals surface area contributed by atoms with Gasteiger partial charge < -0.3 is 15.8 Å². The van der Waals surface area contributed by atoms with Crippen molar-refractivity contribution in [3.63, 3.8) is 0 Å². The van der Waals surface area contributed by atoms with E-state index in [0.29, 0.717) is 13.0 Å². The summed E-state index contributed by atoms with van der Waals surface area (Å²) in [5.41, 5.74) is 6.51. The molecular formula is C13H18F2N2O2S. The zero-order valence-electron chi connectivity index (χ0n) is 11.1. The second-order valence-corrected chi connectivity index (χ2v) is 5.11. The third kappa shape index (κ3) is 6.21. The molecule has 0 saturated heterocycles. The van der Waals surface area contributed by atoms with Crippen LogP contribution in [-0.4, -0.2) is 30.6 Å². The minimum absolute atomic E-state index is 0.0896. The molecule has 0 aliphatic heterocycles. The number of amides is 1. The highest BCUT2D eigenvalue weighted by Gasteiger charge is 2.12. The van der Waals surface area contributed by atoms with Gasteiger partial charge in [0, 0.05) is 6.54 Å². The number of nitrogens with two attached hydrogens (primary N) is 1. The number of hydrogen-bond donors (Lipinski definition) is 2. The summed E-state index contributed by atoms with van der Waals surface area (Å²) in [5, 5.41) is 2.71. The van der Waals surface area contributed by atoms with Gasteiger partial charge in [0.2, 0.25) is 5.91 Å². The third-order valence-electron chi connectivity index (χ3n) is 2.59. The van der Waals surface area contributed by atoms with Crippen LogP contribution in [0.2, 0.25) is 0 Å². The number of nitrogens with one attached hydrogen (secondary N) is 1. The van der Waals surface area contributed by atoms with Gasteiger partial charge in [-0.1, -0.05) is 12.1 Å². The normalized spacial score (nSPS) is 12.2. The number of carbonyl (C=O) groups is 1. The lowest BCUT2D eigenvalue weighted by atomic mass is 10.2. The average molecular weight is 304 g/mol. The predicted octanol–water partition coefficient (Wildman–Crippen LogP) is 1.98. The first-order chi connectivity index (χ1) is 9.52. The maximum Gasteiger partial charge on any atom is 0.387 e. The van der Waals surface area contributed by atoms with Crippen molar-refractivity contribution >= 4 is 17.7 Å². The Morgan fingerprint density at radius 2 is 2.05 bits per heavy atom. The fourth-order valence-electron chi connectivity index (χ4n) is 1.48. The molecule has 1 aromatic carbocycles. The molecule has 112 valence electrons. The molecule has 1 aromatic rings. The van der Waals surface area contributed by atoms with Crippen molar-refractivity contribution in [3.8, 4) is 5.75 Å². The zero-order chi connectivity index (χ0) is 15.0. The van der Waals surface area contributed by atoms with Crippen molar-refractivity contribution < 1.29 is 18.3 Å². The molecule has 4 nitrogen and oxygen atoms in total. The van der Waals surface area contributed by atoms with Crippen LogP contribution in [0.25, 0.3) is 0 Å². The van der Waals surface area contributed by atoms with Gasteiger partial charge in [0.15, 0.2) is 0 Å². The van der Waals surface area contributed by atoms with Crippen LogP contribution in [-0.2, 0) is 11.3 Å². The standard InChI is InChI=1S/C13H18F2N2O2S/c1-20-7-6-11(16)12(18)17-8-9-2-4-10(5-3-9)19-13(14)15/h2-5,11,13H,6-8,16H2,1H3,(H,17,18)/t11-/m0/s1. The van der Waals surface area contributed by atoms with Crippen molar-refractivity contribution in [1.82, 2.24) is 5.32 Å². The summed E-state index contributed by atoms with van der Waals surface area (Å²) in [4.78, 5) is 11.7. The van der Waals surface area contributed by atoms with Gasteiger partial charge in [-0.2, -0.15) is 20.5 Å². The molecule has 1 amide bonds. The first-order valence-corrected chi connectivity index (χ1v) is 7.48. The van der Waals surface area contributed by atoms with Crippen LogP contribution in [0.15, 0.2) is 24.3 Å². The molecule has 20 heavy (non-hydrogen) atoms. The predicted molar refractivity (Wildman–Crippen MR) is 75.9 cm³/mol. The molecule has 0 radical (unpaired) electrons. The molecule has 0 aromatic heterocycles. The Balaban J connectivity index is 2.39. The van der Waals surface area contributed by atoms with E-state index in [-0.39, 0.29) is 11.7 Å². The Morgan fingerprint density at radius 3 is 2.60 bits per heavy atom. The first-order valence-electron chi connectivity index (χ1n) is 6.09. The van der Waals surface area contributed by atoms with E-state index in [1.807, 2.05) is 6.26 Å². The largest absolute Gasteiger partial charge is 0.435 e. The number of thioether (sulfide) groups is 1. The zero-order valence-corrected chi connectivity index (χ0v) is 12.0. The molecule has 0 aliphatic rings. The molecular weight excluding hydrogens is 286 g/mol. The molecule has 0 heterocycles. The van der Waals surface area contributed by atoms with Gasteiger partial charge in [0.25, 0.3) is 0 Å². The number of rotatable bonds is 8. The van der Waals surface area contributed by atoms with Gasteiger partial charge in [-0.25, -0.2) is 0 Å². The van der Waals surface area contributed by atoms with E-state index in [1.54, 1.807) is 23.9 Å². The summed E-state index contributed by atoms with van der Waals surface area (Å²) < 4.78 is 28.2. The fourth-order valence-corrected chi connectivity index (χ4v) is 1.97. The van der Waals surface area contributed by atoms with Crippen molar-refractivity contribution in [1.29, 1.82) is 0 Å². The molecule has 0 aliphatic carbocycles. The van der Waals surface area contributed by atoms with E-state index in [0.717, 1.165) is 11.3 Å². The highest BCUT2D eigenvalue weighted by Crippen LogP contribution is 2.14. The summed E-state index contributed by atoms with van der Waals surface area (Å²) in [7, 11) is 0. The lowest BCUT2D eigenvalue weighted by molar-refractivity contribution is -0.122. The Kier molecular flexibility index (Phi) is 7.32. The maximum atomic E-state index is 12.0. The SMILES string of the molecule is CSCC[C@H](N)C(=O)NCc1ccc(OC(F)F)cc1. The lowest BCUT2D eigenvalue weighted by Gasteiger charge is -2.12. The molecule has 0 unspecified atom stereocenters. The van der Waals surface area contributed by atoms with Crippen LogP contribution in [0.5, 0.6) is 5.75 Å². The van der Waals surface area contributed by atoms with Crippen molar-refractivity contribution in [2.45, 2.75) is 25.6 Å². The number of alkyl halides is 2. The van der Waals surface area contributed by atoms with Gasteiger partial charge in [-0.3, -0.25) is 4.79 Å². The van der Waals surface area contributed by atoms with Gasteiger partial charge in [0.05, 0.1) is 6.04 Å². The van der Waals surface area contributed by atoms with Gasteiger partial charge in [-0.15, -0.1) is 0 Å². The Labute approximate surface area is 121 Å². The van der Waals surface area contributed by atoms with E-state index >= 15 is 0 Å². The Hall–Kier alpha value is -1.34. The average Bonchev–Trinajstić information content (AvgIpc) is 2.43. The maximum absolute atomic E-state index is 12.0. The Morgan fingerprint density at radius 1 is 1.40 bits per heavy atom. The summed E-state index contributed by atoms with van der Waals surface area (Å²) in [5.74, 6) is 0.701. The number of carbonyl (C=O) groups excluding carboxylic acids is 1. The minimum atomic E-state index is -2.84. The van der Waals surface area contributed by atoms with Crippen LogP contribution >= 0.6 is 11.8 Å². The highest BCUT2D eigenvalue weighted by atomic mass is 32.2. The summed E-state index contributed by atoms with van der Waals surface area (Å²) >= 11 is 1.63. The van der Waals surface area contributed by atoms with Crippen LogP contribution in [0.4, 0.5) is 8.78 Å². The number of benzene rings is 1. The van der Waals surface area contributed by atoms with Crippen molar-refractivity contribution in [2.24, 2.45) is 5.73 Å². The van der Waals surface area contributed by atoms with E-state index in [2.05, 4.69) is 10.1 Å². The number of ether oxygens (including phenoxy) is 1. The van der Waals surface area contributed by atoms with E-state index in [4.69, 9.17) is 5.73 Å². The van der Waals surface area contributed by atoms with Crippen LogP contribution < -0.4 is 15.8 Å². The minimum Gasteiger partial charge on any atom is -0.435 e. The quantitative estimate of drug-likeness (QED) is 0.771. The monoisotopic (exact) mass is 304 g/mol. The van der Waals surface area contributed by atoms with Gasteiger partial charge >= 0.3 is 6.61 Å². The molecule has 0 spiro atoms. The van der Waals surface area contributed by atoms with Crippen molar-refractivity contribution in [3.05, 3.63) is 29.8 Å². The number of hydrogen-bond acceptors (Lipinski definition) is 4. The smallest absolute Gasteiger partial charge is 0.387 e. The van der Waals surface area contributed by atoms with E-state index in [1.165, 1.54) is 12.1 Å². The molecule has 3 N–H and O–H groups in total. The van der Waals surface area contributed by atoms with E-state index < -0.39 is 12.7 Å². The molecule has 1 atom stereocenters. The van der Waals surface area contributed by atoms with Gasteiger partial charge in [0.1, 0.15) is 5.75 Å². The molecule has 7 heteroatoms. The van der Waals surface area contributed by atoms with E-state index in [9.17, 15) is 13.6 Å². The second kappa shape index (κ2) is 8.76. The third-order valence-corrected chi connectivity index (χ3v) is 3.23. The lowest BCUT2D eigenvalue weighted by Crippen LogP contribution is -2.40. The highest BCUT2D eigenvalue weighted by molar-refractivity contribution is 7.98. The fraction of sp³-hybridized carbons (Fsp3) is 0.462. The van der Waals surface area contributed by atoms with Crippen LogP contribution in [0.1, 0.15) is 12.0 Å². The topological polar surface area (TPSA) is 64.4 Å². The Bertz CT molecular complexity index is 415. The summed E-state index contributed by atoms with van der Waals surface area (Å²) in [6.07, 6.45) is 2.57.